The molecule has 7 aromatic rings. The summed E-state index contributed by atoms with van der Waals surface area (Å²) in [6.07, 6.45) is 3.00. The van der Waals surface area contributed by atoms with Crippen molar-refractivity contribution in [1.82, 2.24) is 4.98 Å². The Balaban J connectivity index is 0.000000362. The first-order valence-electron chi connectivity index (χ1n) is 12.6. The van der Waals surface area contributed by atoms with Gasteiger partial charge < -0.3 is 18.9 Å². The number of hydrogen-bond acceptors (Lipinski definition) is 5. The van der Waals surface area contributed by atoms with Crippen LogP contribution in [-0.2, 0) is 24.9 Å². The molecule has 0 bridgehead atoms. The third kappa shape index (κ3) is 5.07. The first-order valence-corrected chi connectivity index (χ1v) is 12.6. The van der Waals surface area contributed by atoms with Crippen LogP contribution in [-0.4, -0.2) is 15.9 Å². The van der Waals surface area contributed by atoms with E-state index in [1.165, 1.54) is 19.9 Å². The van der Waals surface area contributed by atoms with Crippen molar-refractivity contribution in [3.63, 3.8) is 0 Å². The number of ketones is 1. The van der Waals surface area contributed by atoms with Gasteiger partial charge in [0.1, 0.15) is 22.3 Å². The molecule has 1 N–H and O–H groups in total. The molecule has 0 atom stereocenters. The van der Waals surface area contributed by atoms with Gasteiger partial charge in [0.15, 0.2) is 5.78 Å². The Kier molecular flexibility index (Phi) is 7.65. The van der Waals surface area contributed by atoms with E-state index in [2.05, 4.69) is 35.3 Å². The van der Waals surface area contributed by atoms with Crippen LogP contribution in [0.25, 0.3) is 66.3 Å². The number of pyridine rings is 1. The second kappa shape index (κ2) is 11.3. The van der Waals surface area contributed by atoms with Crippen LogP contribution >= 0.6 is 0 Å². The van der Waals surface area contributed by atoms with Gasteiger partial charge in [-0.15, -0.1) is 35.9 Å². The van der Waals surface area contributed by atoms with E-state index in [4.69, 9.17) is 13.9 Å². The fourth-order valence-corrected chi connectivity index (χ4v) is 4.88. The predicted molar refractivity (Wildman–Crippen MR) is 156 cm³/mol. The van der Waals surface area contributed by atoms with Crippen LogP contribution in [0.5, 0.6) is 0 Å². The van der Waals surface area contributed by atoms with Crippen molar-refractivity contribution >= 4 is 49.7 Å². The molecule has 7 rings (SSSR count). The van der Waals surface area contributed by atoms with E-state index >= 15 is 0 Å². The molecule has 3 heterocycles. The zero-order chi connectivity index (χ0) is 26.9. The molecule has 0 aliphatic heterocycles. The fraction of sp³-hybridized carbons (Fsp3) is 0.0588. The molecule has 5 nitrogen and oxygen atoms in total. The molecule has 6 heteroatoms. The van der Waals surface area contributed by atoms with Crippen LogP contribution in [0.2, 0.25) is 0 Å². The van der Waals surface area contributed by atoms with E-state index in [1.807, 2.05) is 72.9 Å². The number of carbonyl (C=O) groups is 1. The van der Waals surface area contributed by atoms with Crippen molar-refractivity contribution < 1.29 is 38.8 Å². The Morgan fingerprint density at radius 3 is 1.93 bits per heavy atom. The van der Waals surface area contributed by atoms with Crippen molar-refractivity contribution in [3.05, 3.63) is 115 Å². The van der Waals surface area contributed by atoms with E-state index < -0.39 is 0 Å². The van der Waals surface area contributed by atoms with Crippen LogP contribution in [0.3, 0.4) is 0 Å². The number of aliphatic hydroxyl groups is 1. The molecule has 199 valence electrons. The number of furan rings is 2. The van der Waals surface area contributed by atoms with Crippen LogP contribution in [0, 0.1) is 6.07 Å². The van der Waals surface area contributed by atoms with E-state index in [0.717, 1.165) is 66.3 Å². The fourth-order valence-electron chi connectivity index (χ4n) is 4.88. The average Bonchev–Trinajstić information content (AvgIpc) is 3.50. The van der Waals surface area contributed by atoms with Crippen LogP contribution in [0.4, 0.5) is 0 Å². The molecule has 0 fully saturated rings. The summed E-state index contributed by atoms with van der Waals surface area (Å²) in [7, 11) is 0. The number of nitrogens with zero attached hydrogens (tertiary/aromatic N) is 1. The molecule has 0 spiro atoms. The molecule has 0 unspecified atom stereocenters. The Bertz CT molecular complexity index is 1930. The molecule has 0 aliphatic rings. The third-order valence-corrected chi connectivity index (χ3v) is 6.46. The van der Waals surface area contributed by atoms with Gasteiger partial charge in [0, 0.05) is 53.9 Å². The van der Waals surface area contributed by atoms with Crippen LogP contribution in [0.1, 0.15) is 13.8 Å². The quantitative estimate of drug-likeness (QED) is 0.113. The Morgan fingerprint density at radius 1 is 0.800 bits per heavy atom. The number of aromatic nitrogens is 1. The molecule has 0 saturated heterocycles. The molecule has 0 aliphatic carbocycles. The number of hydrogen-bond donors (Lipinski definition) is 1. The summed E-state index contributed by atoms with van der Waals surface area (Å²) in [6, 6.07) is 33.8. The van der Waals surface area contributed by atoms with E-state index in [-0.39, 0.29) is 31.6 Å². The number of benzene rings is 4. The zero-order valence-corrected chi connectivity index (χ0v) is 24.2. The summed E-state index contributed by atoms with van der Waals surface area (Å²) in [5.74, 6) is -0.0625. The van der Waals surface area contributed by atoms with E-state index in [9.17, 15) is 4.79 Å². The maximum absolute atomic E-state index is 10.0. The predicted octanol–water partition coefficient (Wildman–Crippen LogP) is 9.05. The van der Waals surface area contributed by atoms with Gasteiger partial charge in [-0.2, -0.15) is 0 Å². The first-order chi connectivity index (χ1) is 19.0. The number of aliphatic hydroxyl groups excluding tert-OH is 1. The Morgan fingerprint density at radius 2 is 1.40 bits per heavy atom. The zero-order valence-electron chi connectivity index (χ0n) is 21.8. The van der Waals surface area contributed by atoms with Gasteiger partial charge in [-0.3, -0.25) is 4.79 Å². The second-order valence-electron chi connectivity index (χ2n) is 9.30. The summed E-state index contributed by atoms with van der Waals surface area (Å²) in [5, 5.41) is 12.7. The van der Waals surface area contributed by atoms with E-state index in [0.29, 0.717) is 0 Å². The molecule has 0 amide bonds. The summed E-state index contributed by atoms with van der Waals surface area (Å²) in [4.78, 5) is 14.6. The molecule has 4 aromatic carbocycles. The largest absolute Gasteiger partial charge is 0.512 e. The van der Waals surface area contributed by atoms with Gasteiger partial charge in [0.2, 0.25) is 0 Å². The summed E-state index contributed by atoms with van der Waals surface area (Å²) in [5.41, 5.74) is 7.15. The van der Waals surface area contributed by atoms with Gasteiger partial charge in [0.05, 0.1) is 11.3 Å². The normalized spacial score (nSPS) is 11.4. The van der Waals surface area contributed by atoms with Crippen LogP contribution in [0.15, 0.2) is 118 Å². The van der Waals surface area contributed by atoms with Gasteiger partial charge >= 0.3 is 0 Å². The summed E-state index contributed by atoms with van der Waals surface area (Å²) in [6.45, 7) is 2.85. The maximum Gasteiger partial charge on any atom is 0.155 e. The molecule has 3 aromatic heterocycles. The summed E-state index contributed by atoms with van der Waals surface area (Å²) < 4.78 is 12.8. The maximum atomic E-state index is 10.0. The molecule has 1 radical (unpaired) electrons. The van der Waals surface area contributed by atoms with Gasteiger partial charge in [-0.05, 0) is 49.4 Å². The number of allylic oxidation sites excluding steroid dienone is 2. The topological polar surface area (TPSA) is 76.5 Å². The Labute approximate surface area is 244 Å². The summed E-state index contributed by atoms with van der Waals surface area (Å²) >= 11 is 0. The smallest absolute Gasteiger partial charge is 0.155 e. The number of carbonyl (C=O) groups excluding carboxylic acids is 1. The monoisotopic (exact) mass is 703 g/mol. The van der Waals surface area contributed by atoms with Gasteiger partial charge in [-0.25, -0.2) is 0 Å². The minimum absolute atomic E-state index is 0. The number of fused-ring (bicyclic) bond motifs is 6. The molecular formula is C34H24IrNO4-. The van der Waals surface area contributed by atoms with Gasteiger partial charge in [0.25, 0.3) is 0 Å². The third-order valence-electron chi connectivity index (χ3n) is 6.46. The van der Waals surface area contributed by atoms with E-state index in [1.54, 1.807) is 0 Å². The number of rotatable bonds is 3. The minimum Gasteiger partial charge on any atom is -0.512 e. The second-order valence-corrected chi connectivity index (χ2v) is 9.30. The molecule has 0 saturated carbocycles. The SMILES string of the molecule is CC(=O)/C=C(/C)O.[Ir].[c-]1ccccc1-c1cc(-c2c3oc4ccccc4c3cc3c2oc2ccccc23)ccn1. The van der Waals surface area contributed by atoms with Crippen molar-refractivity contribution in [2.75, 3.05) is 0 Å². The molecule has 40 heavy (non-hydrogen) atoms. The van der Waals surface area contributed by atoms with Crippen molar-refractivity contribution in [2.24, 2.45) is 0 Å². The van der Waals surface area contributed by atoms with Crippen LogP contribution < -0.4 is 0 Å². The molecular weight excluding hydrogens is 679 g/mol. The minimum atomic E-state index is -0.125. The van der Waals surface area contributed by atoms with Crippen molar-refractivity contribution in [2.45, 2.75) is 13.8 Å². The first kappa shape index (κ1) is 27.1. The standard InChI is InChI=1S/C29H16NO2.C5H8O2.Ir/c1-2-8-18(9-3-1)24-16-19(14-15-30-24)27-28-22(20-10-4-6-12-25(20)31-28)17-23-21-11-5-7-13-26(21)32-29(23)27;1-4(6)3-5(2)7;/h1-8,10-17H;3,6H,1-2H3;/q-1;;/b;4-3-;. The van der Waals surface area contributed by atoms with Crippen molar-refractivity contribution in [1.29, 1.82) is 0 Å². The van der Waals surface area contributed by atoms with Crippen molar-refractivity contribution in [3.8, 4) is 22.4 Å². The Hall–Kier alpha value is -4.51. The number of para-hydroxylation sites is 2. The average molecular weight is 703 g/mol. The van der Waals surface area contributed by atoms with Gasteiger partial charge in [-0.1, -0.05) is 42.5 Å².